The predicted molar refractivity (Wildman–Crippen MR) is 82.4 cm³/mol. The minimum absolute atomic E-state index is 0.629. The summed E-state index contributed by atoms with van der Waals surface area (Å²) in [6.07, 6.45) is 2.44. The van der Waals surface area contributed by atoms with Crippen LogP contribution in [0.15, 0.2) is 29.6 Å². The summed E-state index contributed by atoms with van der Waals surface area (Å²) in [7, 11) is 1.71. The quantitative estimate of drug-likeness (QED) is 0.914. The van der Waals surface area contributed by atoms with E-state index in [1.165, 1.54) is 24.1 Å². The van der Waals surface area contributed by atoms with E-state index < -0.39 is 0 Å². The van der Waals surface area contributed by atoms with E-state index in [1.807, 2.05) is 12.1 Å². The van der Waals surface area contributed by atoms with Gasteiger partial charge in [-0.25, -0.2) is 4.98 Å². The van der Waals surface area contributed by atoms with Crippen molar-refractivity contribution in [3.63, 3.8) is 0 Å². The number of hydrogen-bond donors (Lipinski definition) is 1. The zero-order chi connectivity index (χ0) is 13.9. The number of benzene rings is 1. The van der Waals surface area contributed by atoms with Gasteiger partial charge in [0.05, 0.1) is 17.8 Å². The summed E-state index contributed by atoms with van der Waals surface area (Å²) >= 11 is 1.72. The Morgan fingerprint density at radius 3 is 2.65 bits per heavy atom. The number of ether oxygens (including phenoxy) is 1. The number of nitrogens with zero attached hydrogens (tertiary/aromatic N) is 1. The van der Waals surface area contributed by atoms with Crippen LogP contribution in [0.1, 0.15) is 35.0 Å². The molecule has 1 aromatic heterocycles. The Morgan fingerprint density at radius 2 is 2.05 bits per heavy atom. The van der Waals surface area contributed by atoms with Gasteiger partial charge in [0.2, 0.25) is 0 Å². The Morgan fingerprint density at radius 1 is 1.30 bits per heavy atom. The van der Waals surface area contributed by atoms with Crippen LogP contribution in [0.4, 0.5) is 0 Å². The van der Waals surface area contributed by atoms with Crippen molar-refractivity contribution in [1.82, 2.24) is 10.3 Å². The summed E-state index contributed by atoms with van der Waals surface area (Å²) in [5.74, 6) is 1.62. The molecule has 0 amide bonds. The second-order valence-corrected chi connectivity index (χ2v) is 6.44. The molecule has 1 heterocycles. The highest BCUT2D eigenvalue weighted by Gasteiger charge is 2.29. The van der Waals surface area contributed by atoms with E-state index in [4.69, 9.17) is 4.74 Å². The van der Waals surface area contributed by atoms with E-state index in [1.54, 1.807) is 18.4 Å². The average Bonchev–Trinajstić information content (AvgIpc) is 2.83. The van der Waals surface area contributed by atoms with Gasteiger partial charge in [-0.3, -0.25) is 0 Å². The molecule has 0 radical (unpaired) electrons. The minimum atomic E-state index is 0.629. The molecule has 1 aliphatic rings. The zero-order valence-corrected chi connectivity index (χ0v) is 12.7. The molecule has 1 saturated carbocycles. The maximum Gasteiger partial charge on any atom is 0.118 e. The van der Waals surface area contributed by atoms with Gasteiger partial charge in [-0.2, -0.15) is 0 Å². The third kappa shape index (κ3) is 3.02. The number of nitrogens with one attached hydrogen (secondary N) is 1. The Kier molecular flexibility index (Phi) is 4.03. The largest absolute Gasteiger partial charge is 0.497 e. The molecule has 0 atom stereocenters. The normalized spacial score (nSPS) is 21.5. The first-order valence-electron chi connectivity index (χ1n) is 7.03. The van der Waals surface area contributed by atoms with Crippen LogP contribution < -0.4 is 10.1 Å². The second-order valence-electron chi connectivity index (χ2n) is 5.38. The maximum absolute atomic E-state index is 5.19. The molecule has 1 aromatic carbocycles. The van der Waals surface area contributed by atoms with E-state index in [0.717, 1.165) is 17.3 Å². The fourth-order valence-corrected chi connectivity index (χ4v) is 3.28. The third-order valence-electron chi connectivity index (χ3n) is 3.96. The molecular formula is C16H20N2OS. The molecule has 0 aliphatic heterocycles. The van der Waals surface area contributed by atoms with Gasteiger partial charge in [0.25, 0.3) is 0 Å². The standard InChI is InChI=1S/C16H20N2OS/c1-11-18-15(10-20-11)9-17-14-7-13(8-14)12-3-5-16(19-2)6-4-12/h3-6,10,13-14,17H,7-9H2,1-2H3. The van der Waals surface area contributed by atoms with Crippen LogP contribution in [0.25, 0.3) is 0 Å². The van der Waals surface area contributed by atoms with E-state index in [2.05, 4.69) is 34.7 Å². The molecule has 4 heteroatoms. The van der Waals surface area contributed by atoms with Crippen LogP contribution in [0.3, 0.4) is 0 Å². The molecule has 0 bridgehead atoms. The number of thiazole rings is 1. The molecule has 0 spiro atoms. The van der Waals surface area contributed by atoms with Gasteiger partial charge in [-0.15, -0.1) is 11.3 Å². The summed E-state index contributed by atoms with van der Waals surface area (Å²) in [5.41, 5.74) is 2.59. The number of hydrogen-bond acceptors (Lipinski definition) is 4. The summed E-state index contributed by atoms with van der Waals surface area (Å²) in [4.78, 5) is 4.48. The average molecular weight is 288 g/mol. The van der Waals surface area contributed by atoms with Crippen molar-refractivity contribution in [3.05, 3.63) is 45.9 Å². The molecule has 3 rings (SSSR count). The van der Waals surface area contributed by atoms with Gasteiger partial charge in [0.15, 0.2) is 0 Å². The van der Waals surface area contributed by atoms with Crippen molar-refractivity contribution in [1.29, 1.82) is 0 Å². The van der Waals surface area contributed by atoms with Crippen LogP contribution in [-0.2, 0) is 6.54 Å². The third-order valence-corrected chi connectivity index (χ3v) is 4.79. The van der Waals surface area contributed by atoms with Crippen molar-refractivity contribution in [2.24, 2.45) is 0 Å². The van der Waals surface area contributed by atoms with Crippen LogP contribution in [0.2, 0.25) is 0 Å². The van der Waals surface area contributed by atoms with Crippen LogP contribution in [-0.4, -0.2) is 18.1 Å². The Labute approximate surface area is 124 Å². The van der Waals surface area contributed by atoms with Crippen LogP contribution in [0, 0.1) is 6.92 Å². The van der Waals surface area contributed by atoms with Crippen molar-refractivity contribution < 1.29 is 4.74 Å². The number of aryl methyl sites for hydroxylation is 1. The van der Waals surface area contributed by atoms with E-state index in [0.29, 0.717) is 12.0 Å². The highest BCUT2D eigenvalue weighted by atomic mass is 32.1. The van der Waals surface area contributed by atoms with Crippen molar-refractivity contribution in [2.45, 2.75) is 38.3 Å². The van der Waals surface area contributed by atoms with Crippen molar-refractivity contribution >= 4 is 11.3 Å². The van der Waals surface area contributed by atoms with Crippen LogP contribution >= 0.6 is 11.3 Å². The lowest BCUT2D eigenvalue weighted by molar-refractivity contribution is 0.288. The molecule has 1 fully saturated rings. The summed E-state index contributed by atoms with van der Waals surface area (Å²) in [6.45, 7) is 2.95. The zero-order valence-electron chi connectivity index (χ0n) is 11.9. The Balaban J connectivity index is 1.46. The summed E-state index contributed by atoms with van der Waals surface area (Å²) < 4.78 is 5.19. The van der Waals surface area contributed by atoms with Gasteiger partial charge in [0.1, 0.15) is 5.75 Å². The van der Waals surface area contributed by atoms with Gasteiger partial charge in [0, 0.05) is 18.0 Å². The highest BCUT2D eigenvalue weighted by Crippen LogP contribution is 2.37. The van der Waals surface area contributed by atoms with Crippen molar-refractivity contribution in [2.75, 3.05) is 7.11 Å². The lowest BCUT2D eigenvalue weighted by Crippen LogP contribution is -2.39. The first-order chi connectivity index (χ1) is 9.74. The summed E-state index contributed by atoms with van der Waals surface area (Å²) in [6, 6.07) is 9.10. The van der Waals surface area contributed by atoms with Gasteiger partial charge in [-0.1, -0.05) is 12.1 Å². The molecule has 20 heavy (non-hydrogen) atoms. The fraction of sp³-hybridized carbons (Fsp3) is 0.438. The molecule has 0 saturated heterocycles. The molecule has 1 N–H and O–H groups in total. The molecule has 3 nitrogen and oxygen atoms in total. The first kappa shape index (κ1) is 13.6. The van der Waals surface area contributed by atoms with Gasteiger partial charge < -0.3 is 10.1 Å². The van der Waals surface area contributed by atoms with E-state index in [9.17, 15) is 0 Å². The lowest BCUT2D eigenvalue weighted by atomic mass is 9.76. The van der Waals surface area contributed by atoms with E-state index >= 15 is 0 Å². The van der Waals surface area contributed by atoms with Gasteiger partial charge in [-0.05, 0) is 43.4 Å². The molecule has 0 unspecified atom stereocenters. The Hall–Kier alpha value is -1.39. The SMILES string of the molecule is COc1ccc(C2CC(NCc3csc(C)n3)C2)cc1. The highest BCUT2D eigenvalue weighted by molar-refractivity contribution is 7.09. The Bertz CT molecular complexity index is 558. The summed E-state index contributed by atoms with van der Waals surface area (Å²) in [5, 5.41) is 6.88. The minimum Gasteiger partial charge on any atom is -0.497 e. The smallest absolute Gasteiger partial charge is 0.118 e. The van der Waals surface area contributed by atoms with Crippen LogP contribution in [0.5, 0.6) is 5.75 Å². The monoisotopic (exact) mass is 288 g/mol. The predicted octanol–water partition coefficient (Wildman–Crippen LogP) is 3.50. The topological polar surface area (TPSA) is 34.1 Å². The molecule has 2 aromatic rings. The van der Waals surface area contributed by atoms with E-state index in [-0.39, 0.29) is 0 Å². The number of aromatic nitrogens is 1. The lowest BCUT2D eigenvalue weighted by Gasteiger charge is -2.36. The molecular weight excluding hydrogens is 268 g/mol. The van der Waals surface area contributed by atoms with Crippen molar-refractivity contribution in [3.8, 4) is 5.75 Å². The maximum atomic E-state index is 5.19. The number of methoxy groups -OCH3 is 1. The van der Waals surface area contributed by atoms with Gasteiger partial charge >= 0.3 is 0 Å². The second kappa shape index (κ2) is 5.94. The fourth-order valence-electron chi connectivity index (χ4n) is 2.67. The molecule has 1 aliphatic carbocycles. The molecule has 106 valence electrons. The number of rotatable bonds is 5. The first-order valence-corrected chi connectivity index (χ1v) is 7.91.